The number of amides is 2. The van der Waals surface area contributed by atoms with Crippen molar-refractivity contribution in [3.05, 3.63) is 64.6 Å². The molecule has 3 aliphatic rings. The normalized spacial score (nSPS) is 20.6. The molecule has 14 heteroatoms. The van der Waals surface area contributed by atoms with Crippen LogP contribution in [0.4, 0.5) is 13.6 Å². The van der Waals surface area contributed by atoms with Crippen LogP contribution in [-0.2, 0) is 25.5 Å². The topological polar surface area (TPSA) is 114 Å². The standard InChI is InChI=1S/C36H42BrF2N3O7S/c1-35(2,3)49-34(44)42-20-24-18-41(19-25(24)21-42)33(43)32(36(38,39)26-11-14-30(37)31(17-26)47-4)40-50(45,46)29-13-10-22-15-28(12-9-23(22)16-29)48-27-7-5-6-8-27/h9-17,24-25,27,32,40H,5-8,18-21H2,1-4H3/t24-,25+,32?. The van der Waals surface area contributed by atoms with Gasteiger partial charge in [-0.05, 0) is 110 Å². The minimum absolute atomic E-state index is 0.0853. The molecule has 0 radical (unpaired) electrons. The van der Waals surface area contributed by atoms with E-state index in [9.17, 15) is 18.0 Å². The maximum atomic E-state index is 16.6. The summed E-state index contributed by atoms with van der Waals surface area (Å²) in [5, 5.41) is 1.30. The fraction of sp³-hybridized carbons (Fsp3) is 0.500. The third-order valence-electron chi connectivity index (χ3n) is 9.57. The van der Waals surface area contributed by atoms with Crippen LogP contribution in [-0.4, -0.2) is 81.3 Å². The number of carbonyl (C=O) groups is 2. The van der Waals surface area contributed by atoms with E-state index in [-0.39, 0.29) is 41.7 Å². The van der Waals surface area contributed by atoms with Crippen LogP contribution in [0.5, 0.6) is 11.5 Å². The minimum Gasteiger partial charge on any atom is -0.496 e. The van der Waals surface area contributed by atoms with Gasteiger partial charge in [-0.1, -0.05) is 18.2 Å². The fourth-order valence-electron chi connectivity index (χ4n) is 7.01. The van der Waals surface area contributed by atoms with Gasteiger partial charge in [0, 0.05) is 43.6 Å². The van der Waals surface area contributed by atoms with Crippen molar-refractivity contribution in [3.63, 3.8) is 0 Å². The highest BCUT2D eigenvalue weighted by atomic mass is 79.9. The van der Waals surface area contributed by atoms with E-state index in [0.29, 0.717) is 28.7 Å². The summed E-state index contributed by atoms with van der Waals surface area (Å²) in [5.41, 5.74) is -1.28. The van der Waals surface area contributed by atoms with Crippen molar-refractivity contribution >= 4 is 48.7 Å². The Kier molecular flexibility index (Phi) is 10.1. The first-order valence-corrected chi connectivity index (χ1v) is 19.0. The largest absolute Gasteiger partial charge is 0.496 e. The van der Waals surface area contributed by atoms with Crippen LogP contribution >= 0.6 is 15.9 Å². The van der Waals surface area contributed by atoms with Crippen LogP contribution in [0, 0.1) is 11.8 Å². The highest BCUT2D eigenvalue weighted by Gasteiger charge is 2.53. The molecule has 3 aromatic rings. The van der Waals surface area contributed by atoms with Gasteiger partial charge in [-0.2, -0.15) is 13.5 Å². The second-order valence-corrected chi connectivity index (χ2v) is 16.9. The molecule has 0 bridgehead atoms. The van der Waals surface area contributed by atoms with Crippen molar-refractivity contribution in [1.82, 2.24) is 14.5 Å². The van der Waals surface area contributed by atoms with Crippen molar-refractivity contribution in [2.45, 2.75) is 75.0 Å². The average Bonchev–Trinajstić information content (AvgIpc) is 3.80. The molecule has 3 atom stereocenters. The summed E-state index contributed by atoms with van der Waals surface area (Å²) >= 11 is 3.26. The summed E-state index contributed by atoms with van der Waals surface area (Å²) in [5.74, 6) is -4.62. The Morgan fingerprint density at radius 2 is 1.52 bits per heavy atom. The molecule has 1 saturated carbocycles. The number of likely N-dealkylation sites (tertiary alicyclic amines) is 2. The molecular formula is C36H42BrF2N3O7S. The van der Waals surface area contributed by atoms with Crippen molar-refractivity contribution in [1.29, 1.82) is 0 Å². The first-order chi connectivity index (χ1) is 23.5. The number of benzene rings is 3. The summed E-state index contributed by atoms with van der Waals surface area (Å²) in [4.78, 5) is 29.3. The Bertz CT molecular complexity index is 1870. The van der Waals surface area contributed by atoms with E-state index >= 15 is 8.78 Å². The Hall–Kier alpha value is -3.49. The molecule has 50 heavy (non-hydrogen) atoms. The zero-order valence-electron chi connectivity index (χ0n) is 28.5. The number of methoxy groups -OCH3 is 1. The van der Waals surface area contributed by atoms with Gasteiger partial charge >= 0.3 is 6.09 Å². The quantitative estimate of drug-likeness (QED) is 0.258. The molecule has 0 spiro atoms. The first-order valence-electron chi connectivity index (χ1n) is 16.8. The molecular weight excluding hydrogens is 736 g/mol. The number of fused-ring (bicyclic) bond motifs is 2. The Balaban J connectivity index is 1.26. The van der Waals surface area contributed by atoms with Crippen molar-refractivity contribution < 1.29 is 41.0 Å². The number of alkyl halides is 2. The molecule has 6 rings (SSSR count). The van der Waals surface area contributed by atoms with Gasteiger partial charge in [-0.15, -0.1) is 0 Å². The monoisotopic (exact) mass is 777 g/mol. The zero-order valence-corrected chi connectivity index (χ0v) is 30.9. The van der Waals surface area contributed by atoms with E-state index in [4.69, 9.17) is 14.2 Å². The van der Waals surface area contributed by atoms with Crippen LogP contribution in [0.1, 0.15) is 52.0 Å². The smallest absolute Gasteiger partial charge is 0.410 e. The number of nitrogens with one attached hydrogen (secondary N) is 1. The summed E-state index contributed by atoms with van der Waals surface area (Å²) in [7, 11) is -3.32. The molecule has 2 amide bonds. The van der Waals surface area contributed by atoms with Gasteiger partial charge in [0.05, 0.1) is 22.6 Å². The van der Waals surface area contributed by atoms with E-state index in [1.165, 1.54) is 30.2 Å². The van der Waals surface area contributed by atoms with Crippen LogP contribution in [0.2, 0.25) is 0 Å². The first kappa shape index (κ1) is 36.3. The van der Waals surface area contributed by atoms with Crippen molar-refractivity contribution in [2.24, 2.45) is 11.8 Å². The van der Waals surface area contributed by atoms with E-state index in [1.807, 2.05) is 6.07 Å². The predicted molar refractivity (Wildman–Crippen MR) is 187 cm³/mol. The van der Waals surface area contributed by atoms with Crippen molar-refractivity contribution in [2.75, 3.05) is 33.3 Å². The van der Waals surface area contributed by atoms with Gasteiger partial charge in [0.15, 0.2) is 6.04 Å². The molecule has 270 valence electrons. The van der Waals surface area contributed by atoms with E-state index in [2.05, 4.69) is 20.7 Å². The van der Waals surface area contributed by atoms with Crippen molar-refractivity contribution in [3.8, 4) is 11.5 Å². The Morgan fingerprint density at radius 3 is 2.16 bits per heavy atom. The van der Waals surface area contributed by atoms with Gasteiger partial charge in [0.1, 0.15) is 17.1 Å². The summed E-state index contributed by atoms with van der Waals surface area (Å²) < 4.78 is 80.1. The van der Waals surface area contributed by atoms with Gasteiger partial charge in [0.2, 0.25) is 15.9 Å². The highest BCUT2D eigenvalue weighted by Crippen LogP contribution is 2.40. The second kappa shape index (κ2) is 13.9. The Labute approximate surface area is 299 Å². The lowest BCUT2D eigenvalue weighted by Gasteiger charge is -2.31. The minimum atomic E-state index is -4.64. The highest BCUT2D eigenvalue weighted by molar-refractivity contribution is 9.10. The lowest BCUT2D eigenvalue weighted by molar-refractivity contribution is -0.143. The molecule has 1 unspecified atom stereocenters. The Morgan fingerprint density at radius 1 is 0.900 bits per heavy atom. The summed E-state index contributed by atoms with van der Waals surface area (Å²) in [6.45, 7) is 6.07. The number of hydrogen-bond donors (Lipinski definition) is 1. The van der Waals surface area contributed by atoms with Gasteiger partial charge in [0.25, 0.3) is 5.92 Å². The predicted octanol–water partition coefficient (Wildman–Crippen LogP) is 6.70. The number of hydrogen-bond acceptors (Lipinski definition) is 7. The third-order valence-corrected chi connectivity index (χ3v) is 11.6. The molecule has 1 N–H and O–H groups in total. The number of sulfonamides is 1. The summed E-state index contributed by atoms with van der Waals surface area (Å²) in [6.07, 6.45) is 3.89. The summed E-state index contributed by atoms with van der Waals surface area (Å²) in [6, 6.07) is 10.7. The second-order valence-electron chi connectivity index (χ2n) is 14.4. The van der Waals surface area contributed by atoms with Crippen LogP contribution in [0.3, 0.4) is 0 Å². The number of nitrogens with zero attached hydrogens (tertiary/aromatic N) is 2. The van der Waals surface area contributed by atoms with E-state index in [1.54, 1.807) is 43.9 Å². The molecule has 3 fully saturated rings. The van der Waals surface area contributed by atoms with Crippen LogP contribution < -0.4 is 14.2 Å². The SMILES string of the molecule is COc1cc(C(F)(F)C(NS(=O)(=O)c2ccc3cc(OC4CCCC4)ccc3c2)C(=O)N2C[C@H]3CN(C(=O)OC(C)(C)C)C[C@H]3C2)ccc1Br. The van der Waals surface area contributed by atoms with Crippen LogP contribution in [0.25, 0.3) is 10.8 Å². The molecule has 0 aromatic heterocycles. The number of halogens is 3. The number of ether oxygens (including phenoxy) is 3. The van der Waals surface area contributed by atoms with E-state index < -0.39 is 45.2 Å². The lowest BCUT2D eigenvalue weighted by Crippen LogP contribution is -2.56. The maximum absolute atomic E-state index is 16.6. The molecule has 2 saturated heterocycles. The maximum Gasteiger partial charge on any atom is 0.410 e. The molecule has 3 aromatic carbocycles. The molecule has 2 heterocycles. The fourth-order valence-corrected chi connectivity index (χ4v) is 8.64. The van der Waals surface area contributed by atoms with Gasteiger partial charge < -0.3 is 24.0 Å². The van der Waals surface area contributed by atoms with Gasteiger partial charge in [-0.25, -0.2) is 13.2 Å². The molecule has 1 aliphatic carbocycles. The number of rotatable bonds is 9. The zero-order chi connectivity index (χ0) is 36.0. The molecule has 10 nitrogen and oxygen atoms in total. The van der Waals surface area contributed by atoms with Gasteiger partial charge in [-0.3, -0.25) is 4.79 Å². The molecule has 2 aliphatic heterocycles. The van der Waals surface area contributed by atoms with Crippen LogP contribution in [0.15, 0.2) is 64.0 Å². The average molecular weight is 779 g/mol. The van der Waals surface area contributed by atoms with E-state index in [0.717, 1.165) is 43.2 Å². The third kappa shape index (κ3) is 7.71. The number of carbonyl (C=O) groups excluding carboxylic acids is 2. The lowest BCUT2D eigenvalue weighted by atomic mass is 10.00.